The number of ether oxygens (including phenoxy) is 1. The number of carbonyl (C=O) groups excluding carboxylic acids is 12. The van der Waals surface area contributed by atoms with Crippen LogP contribution in [0.5, 0.6) is 0 Å². The lowest BCUT2D eigenvalue weighted by atomic mass is 9.94. The van der Waals surface area contributed by atoms with E-state index in [2.05, 4.69) is 63.5 Å². The van der Waals surface area contributed by atoms with E-state index in [1.165, 1.54) is 13.8 Å². The molecule has 500 valence electrons. The van der Waals surface area contributed by atoms with E-state index in [1.807, 2.05) is 30.3 Å². The zero-order chi connectivity index (χ0) is 67.2. The number of aliphatic imine (C=N–C) groups is 1. The van der Waals surface area contributed by atoms with Crippen molar-refractivity contribution in [3.63, 3.8) is 0 Å². The summed E-state index contributed by atoms with van der Waals surface area (Å²) in [6.45, 7) is 14.4. The number of nitrogens with two attached hydrogens (primary N) is 3. The van der Waals surface area contributed by atoms with Gasteiger partial charge in [-0.25, -0.2) is 4.79 Å². The predicted molar refractivity (Wildman–Crippen MR) is 328 cm³/mol. The molecule has 0 saturated carbocycles. The summed E-state index contributed by atoms with van der Waals surface area (Å²) >= 11 is 0. The van der Waals surface area contributed by atoms with Crippen molar-refractivity contribution in [2.24, 2.45) is 45.9 Å². The molecule has 0 spiro atoms. The highest BCUT2D eigenvalue weighted by Crippen LogP contribution is 2.17. The summed E-state index contributed by atoms with van der Waals surface area (Å²) in [5.41, 5.74) is 17.1. The third kappa shape index (κ3) is 25.2. The minimum Gasteiger partial charge on any atom is -0.458 e. The minimum absolute atomic E-state index is 0.0966. The lowest BCUT2D eigenvalue weighted by Gasteiger charge is -2.31. The molecule has 1 aliphatic heterocycles. The largest absolute Gasteiger partial charge is 0.458 e. The van der Waals surface area contributed by atoms with Crippen LogP contribution in [0.2, 0.25) is 0 Å². The Morgan fingerprint density at radius 2 is 1.08 bits per heavy atom. The molecule has 2 rings (SSSR count). The van der Waals surface area contributed by atoms with Crippen molar-refractivity contribution in [2.75, 3.05) is 26.8 Å². The molecular weight excluding hydrogens is 1160 g/mol. The quantitative estimate of drug-likeness (QED) is 0.0136. The Labute approximate surface area is 520 Å². The predicted octanol–water partition coefficient (Wildman–Crippen LogP) is -3.49. The molecule has 0 bridgehead atoms. The number of amides is 11. The summed E-state index contributed by atoms with van der Waals surface area (Å²) in [7, 11) is 1.60. The van der Waals surface area contributed by atoms with E-state index in [9.17, 15) is 67.7 Å². The number of aliphatic hydroxyl groups is 2. The van der Waals surface area contributed by atoms with E-state index >= 15 is 0 Å². The van der Waals surface area contributed by atoms with Crippen molar-refractivity contribution < 1.29 is 72.5 Å². The van der Waals surface area contributed by atoms with Crippen LogP contribution in [0.3, 0.4) is 0 Å². The summed E-state index contributed by atoms with van der Waals surface area (Å²) < 4.78 is 5.72. The Morgan fingerprint density at radius 1 is 0.596 bits per heavy atom. The van der Waals surface area contributed by atoms with Gasteiger partial charge in [-0.05, 0) is 82.2 Å². The van der Waals surface area contributed by atoms with Gasteiger partial charge in [0.05, 0.1) is 19.3 Å². The van der Waals surface area contributed by atoms with Crippen molar-refractivity contribution in [2.45, 2.75) is 206 Å². The van der Waals surface area contributed by atoms with Gasteiger partial charge in [0.25, 0.3) is 0 Å². The van der Waals surface area contributed by atoms with Gasteiger partial charge in [-0.1, -0.05) is 111 Å². The van der Waals surface area contributed by atoms with Crippen molar-refractivity contribution in [1.82, 2.24) is 58.5 Å². The van der Waals surface area contributed by atoms with Gasteiger partial charge in [-0.2, -0.15) is 0 Å². The molecule has 1 heterocycles. The van der Waals surface area contributed by atoms with Crippen molar-refractivity contribution in [1.29, 1.82) is 0 Å². The molecule has 0 radical (unpaired) electrons. The molecule has 19 N–H and O–H groups in total. The van der Waals surface area contributed by atoms with E-state index in [0.717, 1.165) is 5.56 Å². The molecule has 30 heteroatoms. The van der Waals surface area contributed by atoms with Crippen LogP contribution in [-0.4, -0.2) is 186 Å². The topological polar surface area (TPSA) is 477 Å². The smallest absolute Gasteiger partial charge is 0.329 e. The Hall–Kier alpha value is -7.99. The number of guanidine groups is 1. The van der Waals surface area contributed by atoms with Gasteiger partial charge < -0.3 is 90.6 Å². The number of benzene rings is 1. The second-order valence-electron chi connectivity index (χ2n) is 22.8. The number of nitrogens with one attached hydrogen (secondary N) is 11. The number of nitrogens with zero attached hydrogens (tertiary/aromatic N) is 1. The highest BCUT2D eigenvalue weighted by Gasteiger charge is 2.41. The number of hydrogen-bond acceptors (Lipinski definition) is 17. The molecule has 16 atom stereocenters. The minimum atomic E-state index is -1.82. The standard InChI is InChI=1S/C59H99N15O15/c1-12-30(5)43(71-51(81)39(63-11)27-36-21-17-16-18-22-36)54(84)68-40(28-75)52(82)67-38(24-25-42(60)77)50(80)70-45(32(7)14-3)56(86)72-44(31(6)13-2)55(85)69-41(29-76)53(83)74-47-35(10)89-58(88)46(33(8)15-4)73-49(79)37(23-19-20-26-64-59(61)62)66-48(78)34(9)65-57(47)87/h16-18,21-22,30-35,37-41,43-47,63,75-76H,12-15,19-20,23-29H2,1-11H3,(H2,60,77)(H,65,87)(H,66,78)(H,67,82)(H,68,84)(H,69,85)(H,70,80)(H,71,81)(H,72,86)(H,73,79)(H,74,83)(H4,61,62,64)/t30-,31-,32+,33-,34-,35?,37-,38+,39+,40-,41-,43-,44-,45+,46-,47?/m0/s1. The maximum atomic E-state index is 14.4. The zero-order valence-electron chi connectivity index (χ0n) is 53.2. The number of hydrogen-bond donors (Lipinski definition) is 16. The SMILES string of the molecule is CC[C@@H](C)[C@@H](NC(=O)[C@@H](CCC(N)=O)NC(=O)[C@H](CO)NC(=O)[C@@H](NC(=O)[C@@H](Cc1ccccc1)NC)[C@@H](C)CC)C(=O)N[C@H](C(=O)N[C@@H](CO)C(=O)NC1C(=O)N[C@@H](C)C(=O)N[C@@H](CCCCN=C(N)N)C(=O)N[C@@H]([C@@H](C)CC)C(=O)OC1C)[C@@H](C)CC. The van der Waals surface area contributed by atoms with E-state index in [0.29, 0.717) is 32.1 Å². The van der Waals surface area contributed by atoms with Crippen molar-refractivity contribution >= 4 is 76.9 Å². The van der Waals surface area contributed by atoms with Crippen molar-refractivity contribution in [3.05, 3.63) is 35.9 Å². The normalized spacial score (nSPS) is 20.9. The Kier molecular flexibility index (Phi) is 33.9. The third-order valence-electron chi connectivity index (χ3n) is 16.0. The summed E-state index contributed by atoms with van der Waals surface area (Å²) in [4.78, 5) is 169. The first-order chi connectivity index (χ1) is 42.0. The van der Waals surface area contributed by atoms with Crippen molar-refractivity contribution in [3.8, 4) is 0 Å². The monoisotopic (exact) mass is 1260 g/mol. The number of rotatable bonds is 35. The molecule has 1 fully saturated rings. The number of esters is 1. The summed E-state index contributed by atoms with van der Waals surface area (Å²) in [5, 5.41) is 49.4. The number of aliphatic hydroxyl groups excluding tert-OH is 2. The fourth-order valence-electron chi connectivity index (χ4n) is 9.27. The average molecular weight is 1260 g/mol. The van der Waals surface area contributed by atoms with Crippen LogP contribution >= 0.6 is 0 Å². The highest BCUT2D eigenvalue weighted by molar-refractivity contribution is 5.99. The molecule has 1 aromatic carbocycles. The highest BCUT2D eigenvalue weighted by atomic mass is 16.5. The Bertz CT molecular complexity index is 2580. The van der Waals surface area contributed by atoms with Gasteiger partial charge in [-0.15, -0.1) is 0 Å². The molecule has 11 amide bonds. The maximum Gasteiger partial charge on any atom is 0.329 e. The molecule has 2 unspecified atom stereocenters. The summed E-state index contributed by atoms with van der Waals surface area (Å²) in [5.74, 6) is -13.3. The number of likely N-dealkylation sites (N-methyl/N-ethyl adjacent to an activating group) is 1. The van der Waals surface area contributed by atoms with Gasteiger partial charge in [0.2, 0.25) is 65.0 Å². The van der Waals surface area contributed by atoms with Crippen LogP contribution in [0.25, 0.3) is 0 Å². The molecule has 89 heavy (non-hydrogen) atoms. The van der Waals surface area contributed by atoms with Crippen LogP contribution in [-0.2, 0) is 68.7 Å². The Balaban J connectivity index is 2.40. The van der Waals surface area contributed by atoms with Gasteiger partial charge in [0.15, 0.2) is 5.96 Å². The molecule has 1 aromatic rings. The number of carbonyl (C=O) groups is 12. The van der Waals surface area contributed by atoms with Crippen LogP contribution in [0.15, 0.2) is 35.3 Å². The second kappa shape index (κ2) is 39.1. The molecule has 0 aromatic heterocycles. The van der Waals surface area contributed by atoms with E-state index in [-0.39, 0.29) is 31.8 Å². The fraction of sp³-hybridized carbons (Fsp3) is 0.678. The van der Waals surface area contributed by atoms with Gasteiger partial charge in [0, 0.05) is 13.0 Å². The number of unbranched alkanes of at least 4 members (excludes halogenated alkanes) is 1. The average Bonchev–Trinajstić information content (AvgIpc) is 3.59. The van der Waals surface area contributed by atoms with E-state index in [1.54, 1.807) is 62.4 Å². The van der Waals surface area contributed by atoms with E-state index in [4.69, 9.17) is 21.9 Å². The molecule has 1 saturated heterocycles. The third-order valence-corrected chi connectivity index (χ3v) is 16.0. The first-order valence-corrected chi connectivity index (χ1v) is 30.5. The Morgan fingerprint density at radius 3 is 1.56 bits per heavy atom. The van der Waals surface area contributed by atoms with Gasteiger partial charge >= 0.3 is 5.97 Å². The van der Waals surface area contributed by atoms with Crippen LogP contribution in [0.1, 0.15) is 133 Å². The lowest BCUT2D eigenvalue weighted by Crippen LogP contribution is -2.63. The first kappa shape index (κ1) is 77.1. The summed E-state index contributed by atoms with van der Waals surface area (Å²) in [6, 6.07) is -6.31. The van der Waals surface area contributed by atoms with Gasteiger partial charge in [0.1, 0.15) is 66.5 Å². The maximum absolute atomic E-state index is 14.4. The number of primary amides is 1. The zero-order valence-corrected chi connectivity index (χ0v) is 53.2. The molecule has 0 aliphatic carbocycles. The molecule has 30 nitrogen and oxygen atoms in total. The second-order valence-corrected chi connectivity index (χ2v) is 22.8. The molecule has 1 aliphatic rings. The lowest BCUT2D eigenvalue weighted by molar-refractivity contribution is -0.157. The molecular formula is C59H99N15O15. The van der Waals surface area contributed by atoms with Crippen LogP contribution in [0, 0.1) is 23.7 Å². The first-order valence-electron chi connectivity index (χ1n) is 30.5. The number of cyclic esters (lactones) is 1. The van der Waals surface area contributed by atoms with Crippen LogP contribution < -0.4 is 75.7 Å². The van der Waals surface area contributed by atoms with E-state index < -0.39 is 193 Å². The van der Waals surface area contributed by atoms with Gasteiger partial charge in [-0.3, -0.25) is 57.7 Å². The van der Waals surface area contributed by atoms with Crippen LogP contribution in [0.4, 0.5) is 0 Å². The summed E-state index contributed by atoms with van der Waals surface area (Å²) in [6.07, 6.45) is 0.157. The fourth-order valence-corrected chi connectivity index (χ4v) is 9.27.